The highest BCUT2D eigenvalue weighted by Crippen LogP contribution is 2.31. The maximum Gasteiger partial charge on any atom is 0.253 e. The Morgan fingerprint density at radius 3 is 2.78 bits per heavy atom. The number of nitrogens with two attached hydrogens (primary N) is 1. The lowest BCUT2D eigenvalue weighted by atomic mass is 10.1. The van der Waals surface area contributed by atoms with Crippen molar-refractivity contribution in [2.24, 2.45) is 5.73 Å². The highest BCUT2D eigenvalue weighted by molar-refractivity contribution is 9.11. The molecule has 1 aromatic heterocycles. The predicted molar refractivity (Wildman–Crippen MR) is 80.3 cm³/mol. The third-order valence-corrected chi connectivity index (χ3v) is 7.16. The van der Waals surface area contributed by atoms with Crippen LogP contribution in [0.2, 0.25) is 0 Å². The Morgan fingerprint density at radius 1 is 1.50 bits per heavy atom. The zero-order valence-electron chi connectivity index (χ0n) is 9.50. The second-order valence-corrected chi connectivity index (χ2v) is 9.14. The van der Waals surface area contributed by atoms with Gasteiger partial charge in [-0.25, -0.2) is 8.42 Å². The van der Waals surface area contributed by atoms with Gasteiger partial charge in [0.2, 0.25) is 0 Å². The lowest BCUT2D eigenvalue weighted by Crippen LogP contribution is -2.49. The van der Waals surface area contributed by atoms with Crippen molar-refractivity contribution in [3.8, 4) is 0 Å². The zero-order chi connectivity index (χ0) is 13.3. The van der Waals surface area contributed by atoms with Crippen LogP contribution in [0.4, 0.5) is 0 Å². The Labute approximate surface area is 124 Å². The van der Waals surface area contributed by atoms with Crippen molar-refractivity contribution < 1.29 is 8.42 Å². The van der Waals surface area contributed by atoms with E-state index in [9.17, 15) is 8.42 Å². The van der Waals surface area contributed by atoms with Gasteiger partial charge in [-0.15, -0.1) is 11.3 Å². The average molecular weight is 369 g/mol. The Bertz CT molecular complexity index is 555. The van der Waals surface area contributed by atoms with E-state index < -0.39 is 10.0 Å². The average Bonchev–Trinajstić information content (AvgIpc) is 2.76. The molecule has 0 aliphatic carbocycles. The van der Waals surface area contributed by atoms with Gasteiger partial charge in [-0.3, -0.25) is 0 Å². The molecule has 1 aliphatic rings. The molecule has 1 aromatic rings. The van der Waals surface area contributed by atoms with Gasteiger partial charge in [0.1, 0.15) is 4.21 Å². The van der Waals surface area contributed by atoms with Gasteiger partial charge in [0, 0.05) is 6.54 Å². The number of piperidine rings is 1. The molecule has 0 radical (unpaired) electrons. The van der Waals surface area contributed by atoms with Crippen LogP contribution in [-0.2, 0) is 10.0 Å². The van der Waals surface area contributed by atoms with Gasteiger partial charge < -0.3 is 5.73 Å². The molecule has 2 heterocycles. The van der Waals surface area contributed by atoms with E-state index >= 15 is 0 Å². The molecule has 0 amide bonds. The molecule has 1 atom stereocenters. The number of thiophene rings is 1. The quantitative estimate of drug-likeness (QED) is 0.831. The topological polar surface area (TPSA) is 63.4 Å². The van der Waals surface area contributed by atoms with Crippen molar-refractivity contribution in [1.82, 2.24) is 4.31 Å². The molecule has 18 heavy (non-hydrogen) atoms. The van der Waals surface area contributed by atoms with E-state index in [0.29, 0.717) is 17.2 Å². The van der Waals surface area contributed by atoms with E-state index in [0.717, 1.165) is 16.6 Å². The minimum atomic E-state index is -3.48. The summed E-state index contributed by atoms with van der Waals surface area (Å²) >= 11 is 9.47. The Kier molecular flexibility index (Phi) is 4.43. The minimum absolute atomic E-state index is 0.258. The van der Waals surface area contributed by atoms with Crippen LogP contribution in [0.5, 0.6) is 0 Å². The van der Waals surface area contributed by atoms with Crippen molar-refractivity contribution in [3.63, 3.8) is 0 Å². The Morgan fingerprint density at radius 2 is 2.22 bits per heavy atom. The van der Waals surface area contributed by atoms with Gasteiger partial charge in [0.05, 0.1) is 14.8 Å². The van der Waals surface area contributed by atoms with E-state index in [1.165, 1.54) is 15.6 Å². The molecule has 4 nitrogen and oxygen atoms in total. The standard InChI is InChI=1S/C10H13BrN2O2S3/c11-8-4-5-9(17-8)18(14,15)13-6-2-1-3-7(13)10(12)16/h4-5,7H,1-3,6H2,(H2,12,16). The molecule has 0 bridgehead atoms. The molecular formula is C10H13BrN2O2S3. The summed E-state index contributed by atoms with van der Waals surface area (Å²) in [5, 5.41) is 0. The molecule has 100 valence electrons. The molecule has 0 aromatic carbocycles. The maximum absolute atomic E-state index is 12.5. The molecule has 1 fully saturated rings. The second-order valence-electron chi connectivity index (χ2n) is 4.09. The van der Waals surface area contributed by atoms with Crippen LogP contribution >= 0.6 is 39.5 Å². The Balaban J connectivity index is 2.36. The molecular weight excluding hydrogens is 356 g/mol. The minimum Gasteiger partial charge on any atom is -0.392 e. The van der Waals surface area contributed by atoms with E-state index in [-0.39, 0.29) is 11.0 Å². The van der Waals surface area contributed by atoms with Crippen LogP contribution in [0.3, 0.4) is 0 Å². The summed E-state index contributed by atoms with van der Waals surface area (Å²) in [6.07, 6.45) is 2.52. The second kappa shape index (κ2) is 5.54. The largest absolute Gasteiger partial charge is 0.392 e. The molecule has 0 spiro atoms. The fourth-order valence-electron chi connectivity index (χ4n) is 2.03. The molecule has 8 heteroatoms. The summed E-state index contributed by atoms with van der Waals surface area (Å²) in [4.78, 5) is 0.258. The molecule has 1 saturated heterocycles. The lowest BCUT2D eigenvalue weighted by Gasteiger charge is -2.33. The zero-order valence-corrected chi connectivity index (χ0v) is 13.5. The summed E-state index contributed by atoms with van der Waals surface area (Å²) < 4.78 is 27.6. The first-order chi connectivity index (χ1) is 8.43. The molecule has 1 unspecified atom stereocenters. The number of sulfonamides is 1. The number of nitrogens with zero attached hydrogens (tertiary/aromatic N) is 1. The van der Waals surface area contributed by atoms with E-state index in [4.69, 9.17) is 18.0 Å². The third-order valence-electron chi connectivity index (χ3n) is 2.89. The van der Waals surface area contributed by atoms with Crippen LogP contribution in [0, 0.1) is 0 Å². The van der Waals surface area contributed by atoms with Crippen molar-refractivity contribution in [2.45, 2.75) is 29.5 Å². The van der Waals surface area contributed by atoms with Gasteiger partial charge in [0.25, 0.3) is 10.0 Å². The van der Waals surface area contributed by atoms with E-state index in [2.05, 4.69) is 15.9 Å². The van der Waals surface area contributed by atoms with Crippen LogP contribution in [-0.4, -0.2) is 30.3 Å². The van der Waals surface area contributed by atoms with Gasteiger partial charge in [-0.2, -0.15) is 4.31 Å². The normalized spacial score (nSPS) is 21.9. The summed E-state index contributed by atoms with van der Waals surface area (Å²) in [6, 6.07) is 2.99. The molecule has 2 N–H and O–H groups in total. The van der Waals surface area contributed by atoms with Crippen LogP contribution in [0.1, 0.15) is 19.3 Å². The predicted octanol–water partition coefficient (Wildman–Crippen LogP) is 2.34. The number of rotatable bonds is 3. The molecule has 1 aliphatic heterocycles. The van der Waals surface area contributed by atoms with E-state index in [1.54, 1.807) is 12.1 Å². The summed E-state index contributed by atoms with van der Waals surface area (Å²) in [5.74, 6) is 0. The maximum atomic E-state index is 12.5. The first kappa shape index (κ1) is 14.4. The summed E-state index contributed by atoms with van der Waals surface area (Å²) in [6.45, 7) is 0.486. The highest BCUT2D eigenvalue weighted by Gasteiger charge is 2.35. The van der Waals surface area contributed by atoms with Crippen molar-refractivity contribution in [3.05, 3.63) is 15.9 Å². The monoisotopic (exact) mass is 368 g/mol. The number of halogens is 1. The van der Waals surface area contributed by atoms with Crippen LogP contribution in [0.15, 0.2) is 20.1 Å². The molecule has 2 rings (SSSR count). The fourth-order valence-corrected chi connectivity index (χ4v) is 6.15. The van der Waals surface area contributed by atoms with Gasteiger partial charge in [-0.1, -0.05) is 18.6 Å². The van der Waals surface area contributed by atoms with Gasteiger partial charge in [0.15, 0.2) is 0 Å². The van der Waals surface area contributed by atoms with Gasteiger partial charge >= 0.3 is 0 Å². The third kappa shape index (κ3) is 2.77. The smallest absolute Gasteiger partial charge is 0.253 e. The first-order valence-electron chi connectivity index (χ1n) is 5.49. The number of hydrogen-bond donors (Lipinski definition) is 1. The van der Waals surface area contributed by atoms with Crippen LogP contribution in [0.25, 0.3) is 0 Å². The first-order valence-corrected chi connectivity index (χ1v) is 8.95. The highest BCUT2D eigenvalue weighted by atomic mass is 79.9. The Hall–Kier alpha value is -0.0200. The fraction of sp³-hybridized carbons (Fsp3) is 0.500. The summed E-state index contributed by atoms with van der Waals surface area (Å²) in [5.41, 5.74) is 5.66. The molecule has 0 saturated carbocycles. The van der Waals surface area contributed by atoms with Crippen molar-refractivity contribution in [1.29, 1.82) is 0 Å². The van der Waals surface area contributed by atoms with Crippen molar-refractivity contribution >= 4 is 54.5 Å². The van der Waals surface area contributed by atoms with Crippen molar-refractivity contribution in [2.75, 3.05) is 6.54 Å². The number of thiocarbonyl (C=S) groups is 1. The van der Waals surface area contributed by atoms with Crippen LogP contribution < -0.4 is 5.73 Å². The lowest BCUT2D eigenvalue weighted by molar-refractivity contribution is 0.307. The SMILES string of the molecule is NC(=S)C1CCCCN1S(=O)(=O)c1ccc(Br)s1. The van der Waals surface area contributed by atoms with E-state index in [1.807, 2.05) is 0 Å². The number of hydrogen-bond acceptors (Lipinski definition) is 4. The summed E-state index contributed by atoms with van der Waals surface area (Å²) in [7, 11) is -3.48. The van der Waals surface area contributed by atoms with Gasteiger partial charge in [-0.05, 0) is 40.9 Å².